The van der Waals surface area contributed by atoms with Crippen LogP contribution in [-0.2, 0) is 11.3 Å². The zero-order valence-electron chi connectivity index (χ0n) is 14.6. The van der Waals surface area contributed by atoms with Crippen molar-refractivity contribution in [1.82, 2.24) is 14.9 Å². The zero-order chi connectivity index (χ0) is 17.6. The van der Waals surface area contributed by atoms with E-state index in [0.29, 0.717) is 18.7 Å². The number of nitrogens with one attached hydrogen (secondary N) is 1. The molecule has 1 aromatic carbocycles. The summed E-state index contributed by atoms with van der Waals surface area (Å²) >= 11 is 0. The van der Waals surface area contributed by atoms with Crippen molar-refractivity contribution in [1.29, 1.82) is 0 Å². The molecule has 1 N–H and O–H groups in total. The minimum Gasteiger partial charge on any atom is -0.383 e. The highest BCUT2D eigenvalue weighted by Crippen LogP contribution is 2.23. The maximum atomic E-state index is 12.9. The Labute approximate surface area is 147 Å². The van der Waals surface area contributed by atoms with Crippen LogP contribution in [0.3, 0.4) is 0 Å². The van der Waals surface area contributed by atoms with E-state index in [0.717, 1.165) is 22.9 Å². The fraction of sp³-hybridized carbons (Fsp3) is 0.300. The van der Waals surface area contributed by atoms with E-state index in [-0.39, 0.29) is 11.9 Å². The van der Waals surface area contributed by atoms with E-state index < -0.39 is 0 Å². The summed E-state index contributed by atoms with van der Waals surface area (Å²) in [6.07, 6.45) is 6.23. The number of benzene rings is 1. The highest BCUT2D eigenvalue weighted by Gasteiger charge is 2.18. The third-order valence-electron chi connectivity index (χ3n) is 4.39. The molecule has 2 aromatic heterocycles. The van der Waals surface area contributed by atoms with Crippen molar-refractivity contribution in [3.05, 3.63) is 66.1 Å². The molecule has 130 valence electrons. The number of hydrogen-bond acceptors (Lipinski definition) is 3. The van der Waals surface area contributed by atoms with Gasteiger partial charge in [-0.1, -0.05) is 25.1 Å². The first kappa shape index (κ1) is 17.2. The van der Waals surface area contributed by atoms with Crippen LogP contribution >= 0.6 is 0 Å². The van der Waals surface area contributed by atoms with Gasteiger partial charge in [0.2, 0.25) is 0 Å². The highest BCUT2D eigenvalue weighted by atomic mass is 16.5. The van der Waals surface area contributed by atoms with Gasteiger partial charge in [-0.15, -0.1) is 0 Å². The monoisotopic (exact) mass is 337 g/mol. The Balaban J connectivity index is 1.89. The molecule has 0 spiro atoms. The number of hydrogen-bond donors (Lipinski definition) is 1. The molecule has 1 amide bonds. The minimum atomic E-state index is -0.0592. The number of nitrogens with zero attached hydrogens (tertiary/aromatic N) is 2. The van der Waals surface area contributed by atoms with Crippen molar-refractivity contribution in [3.63, 3.8) is 0 Å². The van der Waals surface area contributed by atoms with Gasteiger partial charge < -0.3 is 14.6 Å². The summed E-state index contributed by atoms with van der Waals surface area (Å²) < 4.78 is 7.25. The number of carbonyl (C=O) groups is 1. The Kier molecular flexibility index (Phi) is 5.46. The molecule has 3 aromatic rings. The van der Waals surface area contributed by atoms with E-state index in [1.807, 2.05) is 42.6 Å². The van der Waals surface area contributed by atoms with Crippen LogP contribution in [0.5, 0.6) is 0 Å². The molecule has 0 aliphatic rings. The fourth-order valence-electron chi connectivity index (χ4n) is 3.06. The second kappa shape index (κ2) is 7.94. The lowest BCUT2D eigenvalue weighted by atomic mass is 10.1. The Morgan fingerprint density at radius 1 is 1.24 bits per heavy atom. The van der Waals surface area contributed by atoms with Gasteiger partial charge in [-0.2, -0.15) is 0 Å². The third kappa shape index (κ3) is 3.72. The molecule has 0 saturated carbocycles. The van der Waals surface area contributed by atoms with Crippen LogP contribution in [0.25, 0.3) is 10.9 Å². The second-order valence-corrected chi connectivity index (χ2v) is 5.96. The summed E-state index contributed by atoms with van der Waals surface area (Å²) in [5.74, 6) is -0.0592. The maximum Gasteiger partial charge on any atom is 0.253 e. The van der Waals surface area contributed by atoms with E-state index >= 15 is 0 Å². The topological polar surface area (TPSA) is 56.2 Å². The number of ether oxygens (including phenoxy) is 1. The van der Waals surface area contributed by atoms with Gasteiger partial charge >= 0.3 is 0 Å². The summed E-state index contributed by atoms with van der Waals surface area (Å²) in [4.78, 5) is 17.0. The molecule has 1 atom stereocenters. The van der Waals surface area contributed by atoms with Crippen LogP contribution in [-0.4, -0.2) is 29.2 Å². The van der Waals surface area contributed by atoms with Gasteiger partial charge in [0.05, 0.1) is 18.2 Å². The molecule has 0 radical (unpaired) electrons. The van der Waals surface area contributed by atoms with Crippen molar-refractivity contribution in [2.24, 2.45) is 0 Å². The number of rotatable bonds is 7. The molecule has 0 aliphatic heterocycles. The first-order valence-corrected chi connectivity index (χ1v) is 8.52. The van der Waals surface area contributed by atoms with Crippen molar-refractivity contribution >= 4 is 16.8 Å². The Morgan fingerprint density at radius 3 is 2.72 bits per heavy atom. The summed E-state index contributed by atoms with van der Waals surface area (Å²) in [7, 11) is 1.68. The van der Waals surface area contributed by atoms with E-state index in [1.54, 1.807) is 19.5 Å². The van der Waals surface area contributed by atoms with Gasteiger partial charge in [0.1, 0.15) is 0 Å². The number of fused-ring (bicyclic) bond motifs is 1. The summed E-state index contributed by atoms with van der Waals surface area (Å²) in [5, 5.41) is 4.11. The molecule has 3 rings (SSSR count). The molecular weight excluding hydrogens is 314 g/mol. The van der Waals surface area contributed by atoms with Gasteiger partial charge in [-0.25, -0.2) is 0 Å². The molecule has 0 saturated heterocycles. The Hall–Kier alpha value is -2.66. The van der Waals surface area contributed by atoms with Gasteiger partial charge in [0.15, 0.2) is 0 Å². The predicted molar refractivity (Wildman–Crippen MR) is 98.5 cm³/mol. The van der Waals surface area contributed by atoms with Crippen molar-refractivity contribution < 1.29 is 9.53 Å². The van der Waals surface area contributed by atoms with Gasteiger partial charge in [-0.05, 0) is 30.2 Å². The first-order chi connectivity index (χ1) is 12.2. The van der Waals surface area contributed by atoms with Gasteiger partial charge in [0, 0.05) is 43.1 Å². The Bertz CT molecular complexity index is 843. The predicted octanol–water partition coefficient (Wildman–Crippen LogP) is 3.56. The number of pyridine rings is 1. The number of aromatic nitrogens is 2. The van der Waals surface area contributed by atoms with Crippen LogP contribution in [0.2, 0.25) is 0 Å². The largest absolute Gasteiger partial charge is 0.383 e. The standard InChI is InChI=1S/C20H23N3O2/c1-3-18(15-8-10-21-11-9-15)22-20(24)17-14-23(12-13-25-2)19-7-5-4-6-16(17)19/h4-11,14,18H,3,12-13H2,1-2H3,(H,22,24)/t18-/m0/s1. The summed E-state index contributed by atoms with van der Waals surface area (Å²) in [6, 6.07) is 11.8. The normalized spacial score (nSPS) is 12.2. The summed E-state index contributed by atoms with van der Waals surface area (Å²) in [6.45, 7) is 3.38. The lowest BCUT2D eigenvalue weighted by Gasteiger charge is -2.17. The van der Waals surface area contributed by atoms with Gasteiger partial charge in [-0.3, -0.25) is 9.78 Å². The maximum absolute atomic E-state index is 12.9. The van der Waals surface area contributed by atoms with E-state index in [2.05, 4.69) is 21.8 Å². The summed E-state index contributed by atoms with van der Waals surface area (Å²) in [5.41, 5.74) is 2.80. The van der Waals surface area contributed by atoms with Crippen LogP contribution in [0.15, 0.2) is 55.0 Å². The average molecular weight is 337 g/mol. The quantitative estimate of drug-likeness (QED) is 0.717. The van der Waals surface area contributed by atoms with Crippen LogP contribution < -0.4 is 5.32 Å². The van der Waals surface area contributed by atoms with Crippen LogP contribution in [0.4, 0.5) is 0 Å². The highest BCUT2D eigenvalue weighted by molar-refractivity contribution is 6.07. The fourth-order valence-corrected chi connectivity index (χ4v) is 3.06. The van der Waals surface area contributed by atoms with Crippen LogP contribution in [0, 0.1) is 0 Å². The lowest BCUT2D eigenvalue weighted by Crippen LogP contribution is -2.28. The van der Waals surface area contributed by atoms with E-state index in [9.17, 15) is 4.79 Å². The first-order valence-electron chi connectivity index (χ1n) is 8.52. The van der Waals surface area contributed by atoms with E-state index in [1.165, 1.54) is 0 Å². The zero-order valence-corrected chi connectivity index (χ0v) is 14.6. The van der Waals surface area contributed by atoms with Crippen molar-refractivity contribution in [2.45, 2.75) is 25.9 Å². The smallest absolute Gasteiger partial charge is 0.253 e. The van der Waals surface area contributed by atoms with Crippen molar-refractivity contribution in [3.8, 4) is 0 Å². The third-order valence-corrected chi connectivity index (χ3v) is 4.39. The molecule has 0 unspecified atom stereocenters. The number of methoxy groups -OCH3 is 1. The molecule has 0 bridgehead atoms. The molecule has 5 nitrogen and oxygen atoms in total. The number of carbonyl (C=O) groups excluding carboxylic acids is 1. The molecule has 5 heteroatoms. The van der Waals surface area contributed by atoms with Crippen molar-refractivity contribution in [2.75, 3.05) is 13.7 Å². The molecule has 0 aliphatic carbocycles. The Morgan fingerprint density at radius 2 is 2.00 bits per heavy atom. The minimum absolute atomic E-state index is 0.0309. The number of para-hydroxylation sites is 1. The number of amides is 1. The SMILES string of the molecule is CC[C@H](NC(=O)c1cn(CCOC)c2ccccc12)c1ccncc1. The van der Waals surface area contributed by atoms with Crippen LogP contribution in [0.1, 0.15) is 35.3 Å². The molecule has 25 heavy (non-hydrogen) atoms. The second-order valence-electron chi connectivity index (χ2n) is 5.96. The molecule has 0 fully saturated rings. The van der Waals surface area contributed by atoms with Gasteiger partial charge in [0.25, 0.3) is 5.91 Å². The molecular formula is C20H23N3O2. The van der Waals surface area contributed by atoms with E-state index in [4.69, 9.17) is 4.74 Å². The average Bonchev–Trinajstić information content (AvgIpc) is 3.04. The lowest BCUT2D eigenvalue weighted by molar-refractivity contribution is 0.0937. The molecule has 2 heterocycles.